The van der Waals surface area contributed by atoms with Gasteiger partial charge in [-0.25, -0.2) is 8.42 Å². The molecule has 2 rings (SSSR count). The molecule has 2 atom stereocenters. The minimum atomic E-state index is -3.73. The Balaban J connectivity index is 2.44. The van der Waals surface area contributed by atoms with Gasteiger partial charge in [-0.05, 0) is 56.9 Å². The van der Waals surface area contributed by atoms with Gasteiger partial charge in [-0.15, -0.1) is 0 Å². The predicted octanol–water partition coefficient (Wildman–Crippen LogP) is 3.79. The Morgan fingerprint density at radius 2 is 1.59 bits per heavy atom. The Labute approximate surface area is 204 Å². The van der Waals surface area contributed by atoms with Gasteiger partial charge in [0.15, 0.2) is 0 Å². The minimum Gasteiger partial charge on any atom is -0.352 e. The molecule has 2 aromatic rings. The van der Waals surface area contributed by atoms with Gasteiger partial charge in [-0.2, -0.15) is 0 Å². The molecule has 2 aromatic carbocycles. The third kappa shape index (κ3) is 7.58. The number of carbonyl (C=O) groups excluding carboxylic acids is 2. The highest BCUT2D eigenvalue weighted by Gasteiger charge is 2.32. The van der Waals surface area contributed by atoms with Gasteiger partial charge in [0, 0.05) is 12.6 Å². The van der Waals surface area contributed by atoms with Gasteiger partial charge in [-0.3, -0.25) is 13.9 Å². The third-order valence-electron chi connectivity index (χ3n) is 5.79. The normalized spacial score (nSPS) is 13.1. The van der Waals surface area contributed by atoms with Crippen molar-refractivity contribution in [2.75, 3.05) is 17.1 Å². The first-order chi connectivity index (χ1) is 16.0. The molecule has 0 heterocycles. The molecule has 0 fully saturated rings. The van der Waals surface area contributed by atoms with E-state index < -0.39 is 22.0 Å². The molecule has 186 valence electrons. The number of aryl methyl sites for hydroxylation is 2. The Hall–Kier alpha value is -2.87. The Morgan fingerprint density at radius 3 is 2.12 bits per heavy atom. The molecule has 0 spiro atoms. The maximum absolute atomic E-state index is 13.6. The first kappa shape index (κ1) is 27.4. The minimum absolute atomic E-state index is 0.0303. The first-order valence-corrected chi connectivity index (χ1v) is 13.5. The smallest absolute Gasteiger partial charge is 0.244 e. The van der Waals surface area contributed by atoms with Crippen molar-refractivity contribution in [2.24, 2.45) is 0 Å². The standard InChI is InChI=1S/C26H37N3O4S/c1-7-21(5)27-26(31)24(8-2)28(17-22-13-9-11-19(3)15-22)25(30)18-29(34(6,32)33)23-14-10-12-20(4)16-23/h9-16,21,24H,7-8,17-18H2,1-6H3,(H,27,31)/t21-,24-/m0/s1. The Kier molecular flexibility index (Phi) is 9.67. The van der Waals surface area contributed by atoms with Crippen LogP contribution in [0.2, 0.25) is 0 Å². The maximum Gasteiger partial charge on any atom is 0.244 e. The molecule has 0 aliphatic carbocycles. The number of carbonyl (C=O) groups is 2. The Bertz CT molecular complexity index is 1100. The molecular formula is C26H37N3O4S. The molecule has 0 aliphatic rings. The van der Waals surface area contributed by atoms with Crippen molar-refractivity contribution in [3.05, 3.63) is 65.2 Å². The van der Waals surface area contributed by atoms with E-state index in [0.29, 0.717) is 12.1 Å². The molecule has 34 heavy (non-hydrogen) atoms. The topological polar surface area (TPSA) is 86.8 Å². The summed E-state index contributed by atoms with van der Waals surface area (Å²) in [5.41, 5.74) is 3.22. The molecule has 2 amide bonds. The van der Waals surface area contributed by atoms with Gasteiger partial charge in [0.1, 0.15) is 12.6 Å². The largest absolute Gasteiger partial charge is 0.352 e. The van der Waals surface area contributed by atoms with Crippen molar-refractivity contribution in [3.63, 3.8) is 0 Å². The van der Waals surface area contributed by atoms with Crippen molar-refractivity contribution in [1.29, 1.82) is 0 Å². The zero-order valence-electron chi connectivity index (χ0n) is 21.0. The molecule has 1 N–H and O–H groups in total. The summed E-state index contributed by atoms with van der Waals surface area (Å²) in [5, 5.41) is 2.97. The molecule has 0 radical (unpaired) electrons. The van der Waals surface area contributed by atoms with E-state index in [1.54, 1.807) is 18.2 Å². The average molecular weight is 488 g/mol. The number of hydrogen-bond donors (Lipinski definition) is 1. The molecular weight excluding hydrogens is 450 g/mol. The lowest BCUT2D eigenvalue weighted by molar-refractivity contribution is -0.140. The van der Waals surface area contributed by atoms with Gasteiger partial charge < -0.3 is 10.2 Å². The predicted molar refractivity (Wildman–Crippen MR) is 137 cm³/mol. The molecule has 0 unspecified atom stereocenters. The fourth-order valence-electron chi connectivity index (χ4n) is 3.76. The number of hydrogen-bond acceptors (Lipinski definition) is 4. The molecule has 7 nitrogen and oxygen atoms in total. The van der Waals surface area contributed by atoms with E-state index in [4.69, 9.17) is 0 Å². The summed E-state index contributed by atoms with van der Waals surface area (Å²) >= 11 is 0. The highest BCUT2D eigenvalue weighted by atomic mass is 32.2. The lowest BCUT2D eigenvalue weighted by Crippen LogP contribution is -2.53. The summed E-state index contributed by atoms with van der Waals surface area (Å²) in [6.07, 6.45) is 2.26. The average Bonchev–Trinajstić information content (AvgIpc) is 2.76. The number of benzene rings is 2. The van der Waals surface area contributed by atoms with Crippen LogP contribution in [0.1, 0.15) is 50.3 Å². The maximum atomic E-state index is 13.6. The second-order valence-corrected chi connectivity index (χ2v) is 10.8. The van der Waals surface area contributed by atoms with Gasteiger partial charge in [0.25, 0.3) is 0 Å². The van der Waals surface area contributed by atoms with Crippen LogP contribution >= 0.6 is 0 Å². The number of rotatable bonds is 11. The number of nitrogens with one attached hydrogen (secondary N) is 1. The van der Waals surface area contributed by atoms with Crippen LogP contribution in [0.4, 0.5) is 5.69 Å². The zero-order valence-corrected chi connectivity index (χ0v) is 21.9. The van der Waals surface area contributed by atoms with Gasteiger partial charge >= 0.3 is 0 Å². The fourth-order valence-corrected chi connectivity index (χ4v) is 4.61. The molecule has 0 aliphatic heterocycles. The quantitative estimate of drug-likeness (QED) is 0.522. The van der Waals surface area contributed by atoms with E-state index in [0.717, 1.165) is 33.7 Å². The van der Waals surface area contributed by atoms with E-state index in [1.807, 2.05) is 65.0 Å². The van der Waals surface area contributed by atoms with E-state index in [1.165, 1.54) is 4.90 Å². The second-order valence-electron chi connectivity index (χ2n) is 8.86. The second kappa shape index (κ2) is 12.0. The van der Waals surface area contributed by atoms with E-state index in [9.17, 15) is 18.0 Å². The molecule has 0 aromatic heterocycles. The molecule has 0 saturated heterocycles. The first-order valence-electron chi connectivity index (χ1n) is 11.7. The van der Waals surface area contributed by atoms with Crippen LogP contribution in [-0.2, 0) is 26.2 Å². The summed E-state index contributed by atoms with van der Waals surface area (Å²) in [5.74, 6) is -0.668. The monoisotopic (exact) mass is 487 g/mol. The van der Waals surface area contributed by atoms with Crippen LogP contribution in [0.15, 0.2) is 48.5 Å². The van der Waals surface area contributed by atoms with Crippen molar-refractivity contribution in [2.45, 2.75) is 66.1 Å². The number of amides is 2. The summed E-state index contributed by atoms with van der Waals surface area (Å²) < 4.78 is 26.4. The molecule has 8 heteroatoms. The molecule has 0 saturated carbocycles. The molecule has 0 bridgehead atoms. The van der Waals surface area contributed by atoms with Crippen molar-refractivity contribution in [1.82, 2.24) is 10.2 Å². The highest BCUT2D eigenvalue weighted by molar-refractivity contribution is 7.92. The fraction of sp³-hybridized carbons (Fsp3) is 0.462. The van der Waals surface area contributed by atoms with Crippen LogP contribution in [0.5, 0.6) is 0 Å². The SMILES string of the molecule is CC[C@H](C)NC(=O)[C@H](CC)N(Cc1cccc(C)c1)C(=O)CN(c1cccc(C)c1)S(C)(=O)=O. The summed E-state index contributed by atoms with van der Waals surface area (Å²) in [6.45, 7) is 9.40. The van der Waals surface area contributed by atoms with Crippen LogP contribution in [-0.4, -0.2) is 50.0 Å². The highest BCUT2D eigenvalue weighted by Crippen LogP contribution is 2.21. The van der Waals surface area contributed by atoms with Crippen LogP contribution in [0.3, 0.4) is 0 Å². The lowest BCUT2D eigenvalue weighted by atomic mass is 10.1. The van der Waals surface area contributed by atoms with Gasteiger partial charge in [0.05, 0.1) is 11.9 Å². The van der Waals surface area contributed by atoms with Crippen LogP contribution in [0.25, 0.3) is 0 Å². The van der Waals surface area contributed by atoms with Crippen molar-refractivity contribution >= 4 is 27.5 Å². The van der Waals surface area contributed by atoms with Gasteiger partial charge in [0.2, 0.25) is 21.8 Å². The van der Waals surface area contributed by atoms with Crippen molar-refractivity contribution < 1.29 is 18.0 Å². The number of nitrogens with zero attached hydrogens (tertiary/aromatic N) is 2. The summed E-state index contributed by atoms with van der Waals surface area (Å²) in [4.78, 5) is 28.3. The van der Waals surface area contributed by atoms with Crippen LogP contribution < -0.4 is 9.62 Å². The zero-order chi connectivity index (χ0) is 25.5. The van der Waals surface area contributed by atoms with Crippen LogP contribution in [0, 0.1) is 13.8 Å². The van der Waals surface area contributed by atoms with Crippen molar-refractivity contribution in [3.8, 4) is 0 Å². The lowest BCUT2D eigenvalue weighted by Gasteiger charge is -2.33. The van der Waals surface area contributed by atoms with E-state index in [-0.39, 0.29) is 25.0 Å². The summed E-state index contributed by atoms with van der Waals surface area (Å²) in [7, 11) is -3.73. The van der Waals surface area contributed by atoms with E-state index in [2.05, 4.69) is 5.32 Å². The van der Waals surface area contributed by atoms with Gasteiger partial charge in [-0.1, -0.05) is 55.8 Å². The third-order valence-corrected chi connectivity index (χ3v) is 6.93. The number of sulfonamides is 1. The number of anilines is 1. The van der Waals surface area contributed by atoms with E-state index >= 15 is 0 Å². The summed E-state index contributed by atoms with van der Waals surface area (Å²) in [6, 6.07) is 14.0. The Morgan fingerprint density at radius 1 is 0.971 bits per heavy atom.